The lowest BCUT2D eigenvalue weighted by Gasteiger charge is -2.11. The fourth-order valence-electron chi connectivity index (χ4n) is 2.47. The summed E-state index contributed by atoms with van der Waals surface area (Å²) in [5, 5.41) is 2.60. The maximum absolute atomic E-state index is 12.5. The Morgan fingerprint density at radius 3 is 2.23 bits per heavy atom. The standard InChI is InChI=1S/C20H15BrF2N2O4S/c21-14-4-10-18(11-5-14)30(27,28)25-16-3-1-2-13(12-16)19(26)24-15-6-8-17(9-7-15)29-20(22)23/h1-12,20,25H,(H,24,26). The van der Waals surface area contributed by atoms with Crippen LogP contribution in [0.3, 0.4) is 0 Å². The highest BCUT2D eigenvalue weighted by Crippen LogP contribution is 2.21. The number of carbonyl (C=O) groups is 1. The Bertz CT molecular complexity index is 1140. The van der Waals surface area contributed by atoms with Gasteiger partial charge in [-0.2, -0.15) is 8.78 Å². The van der Waals surface area contributed by atoms with Crippen molar-refractivity contribution in [3.05, 3.63) is 82.8 Å². The molecule has 3 aromatic rings. The molecule has 0 saturated carbocycles. The van der Waals surface area contributed by atoms with Crippen LogP contribution in [-0.2, 0) is 10.0 Å². The zero-order valence-electron chi connectivity index (χ0n) is 15.2. The van der Waals surface area contributed by atoms with Crippen LogP contribution in [0.1, 0.15) is 10.4 Å². The number of sulfonamides is 1. The van der Waals surface area contributed by atoms with Gasteiger partial charge in [-0.1, -0.05) is 22.0 Å². The molecule has 0 aromatic heterocycles. The van der Waals surface area contributed by atoms with Crippen LogP contribution in [0.4, 0.5) is 20.2 Å². The Balaban J connectivity index is 1.71. The van der Waals surface area contributed by atoms with E-state index in [-0.39, 0.29) is 21.9 Å². The van der Waals surface area contributed by atoms with Gasteiger partial charge in [0, 0.05) is 21.4 Å². The molecule has 0 aliphatic heterocycles. The van der Waals surface area contributed by atoms with Crippen LogP contribution in [0.25, 0.3) is 0 Å². The van der Waals surface area contributed by atoms with Crippen molar-refractivity contribution in [3.63, 3.8) is 0 Å². The van der Waals surface area contributed by atoms with Gasteiger partial charge in [0.05, 0.1) is 4.90 Å². The first-order chi connectivity index (χ1) is 14.2. The first-order valence-electron chi connectivity index (χ1n) is 8.48. The summed E-state index contributed by atoms with van der Waals surface area (Å²) in [7, 11) is -3.82. The molecule has 30 heavy (non-hydrogen) atoms. The average Bonchev–Trinajstić information content (AvgIpc) is 2.69. The zero-order chi connectivity index (χ0) is 21.7. The number of anilines is 2. The van der Waals surface area contributed by atoms with Crippen LogP contribution in [-0.4, -0.2) is 20.9 Å². The van der Waals surface area contributed by atoms with Crippen molar-refractivity contribution < 1.29 is 26.7 Å². The van der Waals surface area contributed by atoms with Gasteiger partial charge in [-0.3, -0.25) is 9.52 Å². The van der Waals surface area contributed by atoms with Crippen LogP contribution in [0.2, 0.25) is 0 Å². The zero-order valence-corrected chi connectivity index (χ0v) is 17.6. The predicted molar refractivity (Wildman–Crippen MR) is 112 cm³/mol. The van der Waals surface area contributed by atoms with E-state index < -0.39 is 22.5 Å². The summed E-state index contributed by atoms with van der Waals surface area (Å²) in [5.74, 6) is -0.533. The summed E-state index contributed by atoms with van der Waals surface area (Å²) < 4.78 is 56.8. The fourth-order valence-corrected chi connectivity index (χ4v) is 3.79. The summed E-state index contributed by atoms with van der Waals surface area (Å²) in [6.07, 6.45) is 0. The molecular weight excluding hydrogens is 482 g/mol. The van der Waals surface area contributed by atoms with Gasteiger partial charge in [-0.15, -0.1) is 0 Å². The number of ether oxygens (including phenoxy) is 1. The lowest BCUT2D eigenvalue weighted by atomic mass is 10.2. The molecule has 0 unspecified atom stereocenters. The first kappa shape index (κ1) is 21.7. The molecule has 0 fully saturated rings. The van der Waals surface area contributed by atoms with Gasteiger partial charge in [-0.25, -0.2) is 8.42 Å². The Hall–Kier alpha value is -2.98. The van der Waals surface area contributed by atoms with Crippen LogP contribution in [0.5, 0.6) is 5.75 Å². The Kier molecular flexibility index (Phi) is 6.68. The normalized spacial score (nSPS) is 11.2. The monoisotopic (exact) mass is 496 g/mol. The smallest absolute Gasteiger partial charge is 0.387 e. The second-order valence-corrected chi connectivity index (χ2v) is 8.60. The topological polar surface area (TPSA) is 84.5 Å². The first-order valence-corrected chi connectivity index (χ1v) is 10.8. The van der Waals surface area contributed by atoms with E-state index in [9.17, 15) is 22.0 Å². The minimum Gasteiger partial charge on any atom is -0.435 e. The third-order valence-corrected chi connectivity index (χ3v) is 5.76. The molecular formula is C20H15BrF2N2O4S. The van der Waals surface area contributed by atoms with E-state index in [4.69, 9.17) is 0 Å². The summed E-state index contributed by atoms with van der Waals surface area (Å²) >= 11 is 3.25. The molecule has 10 heteroatoms. The number of amides is 1. The number of hydrogen-bond acceptors (Lipinski definition) is 4. The molecule has 0 heterocycles. The molecule has 6 nitrogen and oxygen atoms in total. The number of carbonyl (C=O) groups excluding carboxylic acids is 1. The minimum absolute atomic E-state index is 0.0349. The molecule has 1 amide bonds. The average molecular weight is 497 g/mol. The van der Waals surface area contributed by atoms with E-state index in [0.29, 0.717) is 5.69 Å². The van der Waals surface area contributed by atoms with Crippen molar-refractivity contribution in [2.45, 2.75) is 11.5 Å². The summed E-state index contributed by atoms with van der Waals surface area (Å²) in [5.41, 5.74) is 0.785. The molecule has 2 N–H and O–H groups in total. The highest BCUT2D eigenvalue weighted by molar-refractivity contribution is 9.10. The van der Waals surface area contributed by atoms with Gasteiger partial charge in [0.1, 0.15) is 5.75 Å². The molecule has 3 aromatic carbocycles. The van der Waals surface area contributed by atoms with Crippen molar-refractivity contribution in [2.24, 2.45) is 0 Å². The van der Waals surface area contributed by atoms with Crippen LogP contribution >= 0.6 is 15.9 Å². The number of hydrogen-bond donors (Lipinski definition) is 2. The number of benzene rings is 3. The van der Waals surface area contributed by atoms with Crippen molar-refractivity contribution in [1.29, 1.82) is 0 Å². The highest BCUT2D eigenvalue weighted by Gasteiger charge is 2.15. The number of alkyl halides is 2. The number of rotatable bonds is 7. The highest BCUT2D eigenvalue weighted by atomic mass is 79.9. The molecule has 0 radical (unpaired) electrons. The van der Waals surface area contributed by atoms with Crippen molar-refractivity contribution in [1.82, 2.24) is 0 Å². The largest absolute Gasteiger partial charge is 0.435 e. The molecule has 0 saturated heterocycles. The number of halogens is 3. The van der Waals surface area contributed by atoms with E-state index in [1.165, 1.54) is 60.7 Å². The maximum Gasteiger partial charge on any atom is 0.387 e. The molecule has 0 aliphatic carbocycles. The van der Waals surface area contributed by atoms with Crippen LogP contribution in [0.15, 0.2) is 82.2 Å². The van der Waals surface area contributed by atoms with Gasteiger partial charge < -0.3 is 10.1 Å². The minimum atomic E-state index is -3.82. The summed E-state index contributed by atoms with van der Waals surface area (Å²) in [6, 6.07) is 17.5. The Labute approximate surface area is 180 Å². The predicted octanol–water partition coefficient (Wildman–Crippen LogP) is 5.10. The lowest BCUT2D eigenvalue weighted by Crippen LogP contribution is -2.15. The van der Waals surface area contributed by atoms with Crippen LogP contribution in [0, 0.1) is 0 Å². The Morgan fingerprint density at radius 2 is 1.60 bits per heavy atom. The summed E-state index contributed by atoms with van der Waals surface area (Å²) in [6.45, 7) is -2.94. The molecule has 3 rings (SSSR count). The molecule has 0 bridgehead atoms. The maximum atomic E-state index is 12.5. The van der Waals surface area contributed by atoms with E-state index in [2.05, 4.69) is 30.7 Å². The van der Waals surface area contributed by atoms with Gasteiger partial charge in [0.15, 0.2) is 0 Å². The van der Waals surface area contributed by atoms with E-state index in [0.717, 1.165) is 4.47 Å². The fraction of sp³-hybridized carbons (Fsp3) is 0.0500. The van der Waals surface area contributed by atoms with Gasteiger partial charge in [-0.05, 0) is 66.7 Å². The van der Waals surface area contributed by atoms with Crippen molar-refractivity contribution in [2.75, 3.05) is 10.0 Å². The van der Waals surface area contributed by atoms with E-state index in [1.807, 2.05) is 0 Å². The molecule has 0 spiro atoms. The molecule has 156 valence electrons. The van der Waals surface area contributed by atoms with Crippen LogP contribution < -0.4 is 14.8 Å². The molecule has 0 atom stereocenters. The van der Waals surface area contributed by atoms with E-state index >= 15 is 0 Å². The van der Waals surface area contributed by atoms with Gasteiger partial charge >= 0.3 is 6.61 Å². The third kappa shape index (κ3) is 5.77. The quantitative estimate of drug-likeness (QED) is 0.476. The Morgan fingerprint density at radius 1 is 0.933 bits per heavy atom. The van der Waals surface area contributed by atoms with E-state index in [1.54, 1.807) is 12.1 Å². The molecule has 0 aliphatic rings. The third-order valence-electron chi connectivity index (χ3n) is 3.84. The van der Waals surface area contributed by atoms with Gasteiger partial charge in [0.2, 0.25) is 0 Å². The second kappa shape index (κ2) is 9.23. The lowest BCUT2D eigenvalue weighted by molar-refractivity contribution is -0.0498. The second-order valence-electron chi connectivity index (χ2n) is 6.00. The SMILES string of the molecule is O=C(Nc1ccc(OC(F)F)cc1)c1cccc(NS(=O)(=O)c2ccc(Br)cc2)c1. The van der Waals surface area contributed by atoms with Crippen molar-refractivity contribution >= 4 is 43.2 Å². The summed E-state index contributed by atoms with van der Waals surface area (Å²) in [4.78, 5) is 12.5. The van der Waals surface area contributed by atoms with Crippen molar-refractivity contribution in [3.8, 4) is 5.75 Å². The van der Waals surface area contributed by atoms with Gasteiger partial charge in [0.25, 0.3) is 15.9 Å². The number of nitrogens with one attached hydrogen (secondary N) is 2.